The van der Waals surface area contributed by atoms with Gasteiger partial charge in [-0.05, 0) is 55.5 Å². The van der Waals surface area contributed by atoms with Gasteiger partial charge in [0, 0.05) is 60.8 Å². The maximum atomic E-state index is 12.8. The Bertz CT molecular complexity index is 1790. The van der Waals surface area contributed by atoms with Gasteiger partial charge in [-0.1, -0.05) is 48.0 Å². The third-order valence-corrected chi connectivity index (χ3v) is 7.85. The zero-order valence-corrected chi connectivity index (χ0v) is 25.3. The average Bonchev–Trinajstić information content (AvgIpc) is 3.05. The molecule has 0 atom stereocenters. The standard InChI is InChI=1S/C28H25ClN6O2.C5H10O/c1-16-19(20-7-4-8-21(25(20)29)23-11-10-17(14-30)27(34-23)37-3)6-5-9-22(16)33-26-24-18(12-13-31-26)15-32-35(2)28(24)36;1-2-4-6-5-3-1/h4-13,15H,14,30H2,1-3H3,(H,31,33);1-5H2. The third-order valence-electron chi connectivity index (χ3n) is 7.44. The normalized spacial score (nSPS) is 12.9. The van der Waals surface area contributed by atoms with Crippen LogP contribution >= 0.6 is 11.6 Å². The molecule has 6 rings (SSSR count). The Labute approximate surface area is 255 Å². The number of rotatable bonds is 6. The summed E-state index contributed by atoms with van der Waals surface area (Å²) in [6.45, 7) is 4.33. The van der Waals surface area contributed by atoms with E-state index < -0.39 is 0 Å². The van der Waals surface area contributed by atoms with Crippen molar-refractivity contribution in [3.63, 3.8) is 0 Å². The Kier molecular flexibility index (Phi) is 9.66. The van der Waals surface area contributed by atoms with Gasteiger partial charge < -0.3 is 20.5 Å². The van der Waals surface area contributed by atoms with Crippen LogP contribution in [0.3, 0.4) is 0 Å². The zero-order valence-electron chi connectivity index (χ0n) is 24.6. The Morgan fingerprint density at radius 1 is 1.02 bits per heavy atom. The van der Waals surface area contributed by atoms with Crippen LogP contribution < -0.4 is 21.3 Å². The highest BCUT2D eigenvalue weighted by molar-refractivity contribution is 6.36. The second kappa shape index (κ2) is 13.8. The minimum Gasteiger partial charge on any atom is -0.481 e. The van der Waals surface area contributed by atoms with Crippen molar-refractivity contribution in [2.24, 2.45) is 12.8 Å². The van der Waals surface area contributed by atoms with Gasteiger partial charge in [0.2, 0.25) is 5.88 Å². The number of halogens is 1. The number of aromatic nitrogens is 4. The quantitative estimate of drug-likeness (QED) is 0.230. The summed E-state index contributed by atoms with van der Waals surface area (Å²) >= 11 is 6.96. The molecule has 3 aromatic heterocycles. The van der Waals surface area contributed by atoms with Gasteiger partial charge in [0.1, 0.15) is 5.82 Å². The maximum Gasteiger partial charge on any atom is 0.278 e. The van der Waals surface area contributed by atoms with E-state index in [0.717, 1.165) is 46.7 Å². The molecular weight excluding hydrogens is 564 g/mol. The number of methoxy groups -OCH3 is 1. The van der Waals surface area contributed by atoms with Crippen molar-refractivity contribution >= 4 is 33.9 Å². The van der Waals surface area contributed by atoms with Crippen molar-refractivity contribution in [1.82, 2.24) is 19.7 Å². The van der Waals surface area contributed by atoms with Gasteiger partial charge in [0.15, 0.2) is 0 Å². The predicted molar refractivity (Wildman–Crippen MR) is 172 cm³/mol. The number of nitrogens with zero attached hydrogens (tertiary/aromatic N) is 4. The highest BCUT2D eigenvalue weighted by Crippen LogP contribution is 2.39. The minimum atomic E-state index is -0.221. The molecule has 0 aliphatic carbocycles. The second-order valence-electron chi connectivity index (χ2n) is 10.2. The van der Waals surface area contributed by atoms with Gasteiger partial charge in [0.05, 0.1) is 29.4 Å². The Morgan fingerprint density at radius 3 is 2.47 bits per heavy atom. The van der Waals surface area contributed by atoms with E-state index >= 15 is 0 Å². The number of nitrogens with two attached hydrogens (primary N) is 1. The summed E-state index contributed by atoms with van der Waals surface area (Å²) in [5, 5.41) is 9.22. The molecule has 0 saturated carbocycles. The van der Waals surface area contributed by atoms with Crippen LogP contribution in [0.25, 0.3) is 33.2 Å². The summed E-state index contributed by atoms with van der Waals surface area (Å²) < 4.78 is 11.8. The molecule has 0 spiro atoms. The van der Waals surface area contributed by atoms with Crippen LogP contribution in [0.4, 0.5) is 11.5 Å². The number of anilines is 2. The molecule has 9 nitrogen and oxygen atoms in total. The van der Waals surface area contributed by atoms with Crippen molar-refractivity contribution < 1.29 is 9.47 Å². The largest absolute Gasteiger partial charge is 0.481 e. The molecule has 10 heteroatoms. The molecule has 3 N–H and O–H groups in total. The van der Waals surface area contributed by atoms with Crippen LogP contribution in [0.15, 0.2) is 71.8 Å². The zero-order chi connectivity index (χ0) is 30.3. The van der Waals surface area contributed by atoms with Gasteiger partial charge in [-0.3, -0.25) is 4.79 Å². The lowest BCUT2D eigenvalue weighted by Crippen LogP contribution is -2.20. The van der Waals surface area contributed by atoms with Crippen LogP contribution in [0.1, 0.15) is 30.4 Å². The first-order valence-electron chi connectivity index (χ1n) is 14.2. The summed E-state index contributed by atoms with van der Waals surface area (Å²) in [4.78, 5) is 21.9. The number of fused-ring (bicyclic) bond motifs is 1. The van der Waals surface area contributed by atoms with Crippen LogP contribution in [0, 0.1) is 6.92 Å². The van der Waals surface area contributed by atoms with Gasteiger partial charge in [-0.2, -0.15) is 5.10 Å². The monoisotopic (exact) mass is 598 g/mol. The van der Waals surface area contributed by atoms with Crippen molar-refractivity contribution in [3.05, 3.63) is 93.5 Å². The average molecular weight is 599 g/mol. The number of benzene rings is 2. The molecule has 5 aromatic rings. The summed E-state index contributed by atoms with van der Waals surface area (Å²) in [7, 11) is 3.19. The van der Waals surface area contributed by atoms with Crippen LogP contribution in [0.5, 0.6) is 5.88 Å². The minimum absolute atomic E-state index is 0.221. The molecule has 1 aliphatic heterocycles. The Hall–Kier alpha value is -4.31. The lowest BCUT2D eigenvalue weighted by atomic mass is 9.96. The molecule has 0 radical (unpaired) electrons. The van der Waals surface area contributed by atoms with Crippen molar-refractivity contribution in [2.75, 3.05) is 25.6 Å². The van der Waals surface area contributed by atoms with E-state index in [2.05, 4.69) is 20.4 Å². The summed E-state index contributed by atoms with van der Waals surface area (Å²) in [5.74, 6) is 0.949. The fourth-order valence-corrected chi connectivity index (χ4v) is 5.36. The highest BCUT2D eigenvalue weighted by Gasteiger charge is 2.17. The first kappa shape index (κ1) is 30.2. The topological polar surface area (TPSA) is 117 Å². The summed E-state index contributed by atoms with van der Waals surface area (Å²) in [5.41, 5.74) is 11.4. The molecular formula is C33H35ClN6O3. The fraction of sp³-hybridized carbons (Fsp3) is 0.273. The number of aryl methyl sites for hydroxylation is 1. The predicted octanol–water partition coefficient (Wildman–Crippen LogP) is 6.42. The lowest BCUT2D eigenvalue weighted by molar-refractivity contribution is 0.0968. The SMILES string of the molecule is C1CCOCC1.COc1nc(-c2cccc(-c3cccc(Nc4nccc5cnn(C)c(=O)c45)c3C)c2Cl)ccc1CN. The van der Waals surface area contributed by atoms with Gasteiger partial charge in [-0.25, -0.2) is 14.6 Å². The van der Waals surface area contributed by atoms with E-state index in [1.807, 2.05) is 55.5 Å². The van der Waals surface area contributed by atoms with Gasteiger partial charge in [0.25, 0.3) is 5.56 Å². The van der Waals surface area contributed by atoms with E-state index in [0.29, 0.717) is 39.7 Å². The van der Waals surface area contributed by atoms with Crippen LogP contribution in [0.2, 0.25) is 5.02 Å². The van der Waals surface area contributed by atoms with Gasteiger partial charge in [-0.15, -0.1) is 0 Å². The van der Waals surface area contributed by atoms with E-state index in [4.69, 9.17) is 26.8 Å². The van der Waals surface area contributed by atoms with Crippen LogP contribution in [-0.2, 0) is 18.3 Å². The maximum absolute atomic E-state index is 12.8. The van der Waals surface area contributed by atoms with Crippen molar-refractivity contribution in [1.29, 1.82) is 0 Å². The number of nitrogens with one attached hydrogen (secondary N) is 1. The molecule has 1 aliphatic rings. The molecule has 43 heavy (non-hydrogen) atoms. The fourth-order valence-electron chi connectivity index (χ4n) is 5.03. The Morgan fingerprint density at radius 2 is 1.77 bits per heavy atom. The number of hydrogen-bond donors (Lipinski definition) is 2. The van der Waals surface area contributed by atoms with E-state index in [-0.39, 0.29) is 5.56 Å². The first-order valence-corrected chi connectivity index (χ1v) is 14.6. The number of ether oxygens (including phenoxy) is 2. The smallest absolute Gasteiger partial charge is 0.278 e. The second-order valence-corrected chi connectivity index (χ2v) is 10.6. The molecule has 0 bridgehead atoms. The number of hydrogen-bond acceptors (Lipinski definition) is 8. The molecule has 0 unspecified atom stereocenters. The molecule has 1 saturated heterocycles. The van der Waals surface area contributed by atoms with Crippen LogP contribution in [-0.4, -0.2) is 40.1 Å². The third kappa shape index (κ3) is 6.54. The van der Waals surface area contributed by atoms with Crippen molar-refractivity contribution in [3.8, 4) is 28.3 Å². The summed E-state index contributed by atoms with van der Waals surface area (Å²) in [6.07, 6.45) is 7.24. The molecule has 2 aromatic carbocycles. The van der Waals surface area contributed by atoms with Crippen molar-refractivity contribution in [2.45, 2.75) is 32.7 Å². The Balaban J connectivity index is 0.000000548. The molecule has 1 fully saturated rings. The summed E-state index contributed by atoms with van der Waals surface area (Å²) in [6, 6.07) is 17.3. The highest BCUT2D eigenvalue weighted by atomic mass is 35.5. The molecule has 4 heterocycles. The van der Waals surface area contributed by atoms with E-state index in [1.165, 1.54) is 23.9 Å². The number of pyridine rings is 2. The van der Waals surface area contributed by atoms with E-state index in [1.54, 1.807) is 32.6 Å². The lowest BCUT2D eigenvalue weighted by Gasteiger charge is -2.16. The first-order chi connectivity index (χ1) is 20.9. The van der Waals surface area contributed by atoms with Gasteiger partial charge >= 0.3 is 0 Å². The molecule has 0 amide bonds. The molecule has 222 valence electrons. The van der Waals surface area contributed by atoms with E-state index in [9.17, 15) is 4.79 Å².